The van der Waals surface area contributed by atoms with E-state index in [1.165, 1.54) is 0 Å². The van der Waals surface area contributed by atoms with Crippen LogP contribution in [0.5, 0.6) is 0 Å². The van der Waals surface area contributed by atoms with E-state index in [0.717, 1.165) is 50.6 Å². The van der Waals surface area contributed by atoms with Gasteiger partial charge in [-0.05, 0) is 42.2 Å². The van der Waals surface area contributed by atoms with E-state index < -0.39 is 0 Å². The van der Waals surface area contributed by atoms with Gasteiger partial charge in [0.15, 0.2) is 5.78 Å². The summed E-state index contributed by atoms with van der Waals surface area (Å²) in [7, 11) is 0. The molecule has 39 heavy (non-hydrogen) atoms. The van der Waals surface area contributed by atoms with Gasteiger partial charge in [0.1, 0.15) is 5.82 Å². The number of hydrogen-bond acceptors (Lipinski definition) is 2. The van der Waals surface area contributed by atoms with Crippen molar-refractivity contribution in [1.82, 2.24) is 9.55 Å². The molecule has 0 unspecified atom stereocenters. The molecule has 0 N–H and O–H groups in total. The molecule has 2 aromatic heterocycles. The smallest absolute Gasteiger partial charge is 0.195 e. The zero-order valence-corrected chi connectivity index (χ0v) is 22.0. The minimum absolute atomic E-state index is 0.00542. The average molecular weight is 505 g/mol. The molecule has 3 nitrogen and oxygen atoms in total. The number of pyridine rings is 1. The fourth-order valence-corrected chi connectivity index (χ4v) is 5.20. The van der Waals surface area contributed by atoms with Crippen LogP contribution in [0.15, 0.2) is 134 Å². The van der Waals surface area contributed by atoms with Gasteiger partial charge in [-0.15, -0.1) is 0 Å². The predicted octanol–water partition coefficient (Wildman–Crippen LogP) is 8.72. The highest BCUT2D eigenvalue weighted by molar-refractivity contribution is 6.13. The first-order chi connectivity index (χ1) is 19.1. The Kier molecular flexibility index (Phi) is 6.48. The number of ketones is 1. The molecule has 0 fully saturated rings. The molecule has 0 atom stereocenters. The Labute approximate surface area is 229 Å². The van der Waals surface area contributed by atoms with Crippen molar-refractivity contribution >= 4 is 5.78 Å². The number of hydrogen-bond donors (Lipinski definition) is 0. The van der Waals surface area contributed by atoms with Gasteiger partial charge < -0.3 is 0 Å². The van der Waals surface area contributed by atoms with Crippen LogP contribution in [0, 0.1) is 13.8 Å². The molecule has 0 aliphatic heterocycles. The van der Waals surface area contributed by atoms with Crippen molar-refractivity contribution in [3.63, 3.8) is 0 Å². The fourth-order valence-electron chi connectivity index (χ4n) is 5.20. The Morgan fingerprint density at radius 1 is 0.641 bits per heavy atom. The number of benzene rings is 4. The van der Waals surface area contributed by atoms with Crippen molar-refractivity contribution in [2.45, 2.75) is 13.8 Å². The van der Waals surface area contributed by atoms with Crippen molar-refractivity contribution in [2.24, 2.45) is 0 Å². The van der Waals surface area contributed by atoms with Crippen molar-refractivity contribution < 1.29 is 4.79 Å². The van der Waals surface area contributed by atoms with E-state index in [-0.39, 0.29) is 5.78 Å². The number of nitrogens with zero attached hydrogens (tertiary/aromatic N) is 2. The van der Waals surface area contributed by atoms with Crippen molar-refractivity contribution in [3.05, 3.63) is 156 Å². The maximum Gasteiger partial charge on any atom is 0.195 e. The third-order valence-corrected chi connectivity index (χ3v) is 7.13. The highest BCUT2D eigenvalue weighted by atomic mass is 16.1. The number of carbonyl (C=O) groups excluding carboxylic acids is 1. The summed E-state index contributed by atoms with van der Waals surface area (Å²) >= 11 is 0. The molecule has 3 heteroatoms. The Balaban J connectivity index is 1.66. The topological polar surface area (TPSA) is 34.9 Å². The second-order valence-electron chi connectivity index (χ2n) is 9.70. The molecule has 0 aliphatic carbocycles. The minimum atomic E-state index is 0.00542. The Morgan fingerprint density at radius 3 is 1.74 bits per heavy atom. The molecule has 6 aromatic rings. The Bertz CT molecular complexity index is 1750. The Morgan fingerprint density at radius 2 is 1.15 bits per heavy atom. The molecule has 0 amide bonds. The Hall–Kier alpha value is -5.02. The minimum Gasteiger partial charge on any atom is -0.300 e. The number of aromatic nitrogens is 2. The van der Waals surface area contributed by atoms with Gasteiger partial charge in [0.2, 0.25) is 0 Å². The summed E-state index contributed by atoms with van der Waals surface area (Å²) in [6.45, 7) is 4.12. The first-order valence-electron chi connectivity index (χ1n) is 13.1. The highest BCUT2D eigenvalue weighted by Gasteiger charge is 2.25. The van der Waals surface area contributed by atoms with E-state index in [2.05, 4.69) is 72.3 Å². The SMILES string of the molecule is Cc1cn(-c2nc(-c3ccccc3)cc(-c3ccccc3)c2C)c(-c2ccccc2)c1C(=O)c1ccccc1. The molecule has 0 bridgehead atoms. The van der Waals surface area contributed by atoms with E-state index in [1.54, 1.807) is 0 Å². The van der Waals surface area contributed by atoms with Gasteiger partial charge in [0.25, 0.3) is 0 Å². The summed E-state index contributed by atoms with van der Waals surface area (Å²) < 4.78 is 2.11. The maximum atomic E-state index is 13.9. The lowest BCUT2D eigenvalue weighted by Crippen LogP contribution is -2.08. The molecule has 0 spiro atoms. The van der Waals surface area contributed by atoms with Gasteiger partial charge in [-0.1, -0.05) is 121 Å². The van der Waals surface area contributed by atoms with Crippen LogP contribution in [-0.2, 0) is 0 Å². The molecule has 0 saturated carbocycles. The predicted molar refractivity (Wildman–Crippen MR) is 159 cm³/mol. The third-order valence-electron chi connectivity index (χ3n) is 7.13. The lowest BCUT2D eigenvalue weighted by Gasteiger charge is -2.18. The molecule has 188 valence electrons. The van der Waals surface area contributed by atoms with Crippen LogP contribution in [0.1, 0.15) is 27.0 Å². The molecule has 0 aliphatic rings. The zero-order valence-electron chi connectivity index (χ0n) is 22.0. The summed E-state index contributed by atoms with van der Waals surface area (Å²) in [4.78, 5) is 19.2. The van der Waals surface area contributed by atoms with Crippen LogP contribution >= 0.6 is 0 Å². The molecular weight excluding hydrogens is 476 g/mol. The second kappa shape index (κ2) is 10.4. The van der Waals surface area contributed by atoms with Crippen molar-refractivity contribution in [2.75, 3.05) is 0 Å². The summed E-state index contributed by atoms with van der Waals surface area (Å²) in [5.41, 5.74) is 9.31. The van der Waals surface area contributed by atoms with Crippen molar-refractivity contribution in [1.29, 1.82) is 0 Å². The second-order valence-corrected chi connectivity index (χ2v) is 9.70. The zero-order chi connectivity index (χ0) is 26.8. The van der Waals surface area contributed by atoms with Crippen LogP contribution in [-0.4, -0.2) is 15.3 Å². The monoisotopic (exact) mass is 504 g/mol. The average Bonchev–Trinajstić information content (AvgIpc) is 3.35. The molecule has 4 aromatic carbocycles. The van der Waals surface area contributed by atoms with E-state index in [0.29, 0.717) is 11.1 Å². The van der Waals surface area contributed by atoms with Crippen LogP contribution in [0.3, 0.4) is 0 Å². The largest absolute Gasteiger partial charge is 0.300 e. The lowest BCUT2D eigenvalue weighted by atomic mass is 9.96. The number of carbonyl (C=O) groups is 1. The fraction of sp³-hybridized carbons (Fsp3) is 0.0556. The van der Waals surface area contributed by atoms with Crippen molar-refractivity contribution in [3.8, 4) is 39.5 Å². The molecule has 6 rings (SSSR count). The van der Waals surface area contributed by atoms with Gasteiger partial charge in [0.05, 0.1) is 17.0 Å². The molecule has 0 radical (unpaired) electrons. The van der Waals surface area contributed by atoms with Gasteiger partial charge in [-0.3, -0.25) is 9.36 Å². The summed E-state index contributed by atoms with van der Waals surface area (Å²) in [5.74, 6) is 0.815. The van der Waals surface area contributed by atoms with Crippen LogP contribution in [0.2, 0.25) is 0 Å². The molecule has 2 heterocycles. The van der Waals surface area contributed by atoms with Crippen LogP contribution < -0.4 is 0 Å². The normalized spacial score (nSPS) is 10.9. The lowest BCUT2D eigenvalue weighted by molar-refractivity contribution is 0.103. The van der Waals surface area contributed by atoms with Gasteiger partial charge in [-0.25, -0.2) is 4.98 Å². The first-order valence-corrected chi connectivity index (χ1v) is 13.1. The summed E-state index contributed by atoms with van der Waals surface area (Å²) in [6.07, 6.45) is 2.05. The maximum absolute atomic E-state index is 13.9. The van der Waals surface area contributed by atoms with E-state index >= 15 is 0 Å². The van der Waals surface area contributed by atoms with E-state index in [1.807, 2.05) is 79.7 Å². The standard InChI is InChI=1S/C36H28N2O/c1-25-24-38(34(29-19-11-5-12-20-29)33(25)35(39)30-21-13-6-14-22-30)36-26(2)31(27-15-7-3-8-16-27)23-32(37-36)28-17-9-4-10-18-28/h3-24H,1-2H3. The van der Waals surface area contributed by atoms with Gasteiger partial charge in [0, 0.05) is 22.9 Å². The number of rotatable bonds is 6. The van der Waals surface area contributed by atoms with E-state index in [9.17, 15) is 4.79 Å². The van der Waals surface area contributed by atoms with E-state index in [4.69, 9.17) is 4.98 Å². The molecule has 0 saturated heterocycles. The third kappa shape index (κ3) is 4.60. The van der Waals surface area contributed by atoms with Gasteiger partial charge >= 0.3 is 0 Å². The van der Waals surface area contributed by atoms with Crippen LogP contribution in [0.4, 0.5) is 0 Å². The highest BCUT2D eigenvalue weighted by Crippen LogP contribution is 2.37. The summed E-state index contributed by atoms with van der Waals surface area (Å²) in [5, 5.41) is 0. The quantitative estimate of drug-likeness (QED) is 0.213. The summed E-state index contributed by atoms with van der Waals surface area (Å²) in [6, 6.07) is 42.4. The number of aryl methyl sites for hydroxylation is 1. The molecular formula is C36H28N2O. The van der Waals surface area contributed by atoms with Gasteiger partial charge in [-0.2, -0.15) is 0 Å². The first kappa shape index (κ1) is 24.3. The van der Waals surface area contributed by atoms with Crippen LogP contribution in [0.25, 0.3) is 39.5 Å².